The van der Waals surface area contributed by atoms with Crippen LogP contribution in [0.4, 0.5) is 0 Å². The molecular formula is C43H57N9O9. The first-order valence-corrected chi connectivity index (χ1v) is 19.9. The molecule has 0 saturated carbocycles. The Balaban J connectivity index is 1.67. The van der Waals surface area contributed by atoms with E-state index in [1.807, 2.05) is 19.9 Å². The molecule has 61 heavy (non-hydrogen) atoms. The van der Waals surface area contributed by atoms with Gasteiger partial charge >= 0.3 is 5.97 Å². The van der Waals surface area contributed by atoms with Crippen LogP contribution in [-0.2, 0) is 52.8 Å². The molecule has 3 aromatic rings. The Morgan fingerprint density at radius 2 is 1.11 bits per heavy atom. The lowest BCUT2D eigenvalue weighted by Gasteiger charge is -2.26. The summed E-state index contributed by atoms with van der Waals surface area (Å²) in [5.41, 5.74) is 12.7. The lowest BCUT2D eigenvalue weighted by molar-refractivity contribution is -0.142. The molecule has 0 aliphatic carbocycles. The Bertz CT molecular complexity index is 1960. The first-order valence-electron chi connectivity index (χ1n) is 19.9. The van der Waals surface area contributed by atoms with E-state index in [-0.39, 0.29) is 62.7 Å². The molecule has 18 nitrogen and oxygen atoms in total. The number of carboxylic acids is 1. The number of phenols is 1. The van der Waals surface area contributed by atoms with Gasteiger partial charge in [0.05, 0.1) is 13.0 Å². The number of guanidine groups is 1. The summed E-state index contributed by atoms with van der Waals surface area (Å²) in [7, 11) is 0. The molecule has 328 valence electrons. The van der Waals surface area contributed by atoms with Crippen LogP contribution in [0.1, 0.15) is 56.7 Å². The molecule has 0 aliphatic heterocycles. The number of carbonyl (C=O) groups is 7. The van der Waals surface area contributed by atoms with Gasteiger partial charge in [-0.1, -0.05) is 86.6 Å². The average molecular weight is 844 g/mol. The predicted molar refractivity (Wildman–Crippen MR) is 227 cm³/mol. The van der Waals surface area contributed by atoms with Crippen LogP contribution in [-0.4, -0.2) is 101 Å². The summed E-state index contributed by atoms with van der Waals surface area (Å²) >= 11 is 0. The summed E-state index contributed by atoms with van der Waals surface area (Å²) in [4.78, 5) is 95.8. The zero-order chi connectivity index (χ0) is 44.9. The number of carbonyl (C=O) groups excluding carboxylic acids is 6. The van der Waals surface area contributed by atoms with Crippen LogP contribution in [0.3, 0.4) is 0 Å². The Hall–Kier alpha value is -6.98. The van der Waals surface area contributed by atoms with E-state index >= 15 is 0 Å². The highest BCUT2D eigenvalue weighted by Gasteiger charge is 2.31. The number of aliphatic carboxylic acids is 1. The smallest absolute Gasteiger partial charge is 0.326 e. The molecule has 0 aromatic heterocycles. The maximum atomic E-state index is 13.8. The molecule has 3 aromatic carbocycles. The minimum Gasteiger partial charge on any atom is -0.508 e. The zero-order valence-corrected chi connectivity index (χ0v) is 34.6. The van der Waals surface area contributed by atoms with E-state index in [4.69, 9.17) is 11.5 Å². The quantitative estimate of drug-likeness (QED) is 0.0329. The van der Waals surface area contributed by atoms with Gasteiger partial charge in [-0.15, -0.1) is 0 Å². The van der Waals surface area contributed by atoms with Crippen molar-refractivity contribution in [3.63, 3.8) is 0 Å². The van der Waals surface area contributed by atoms with Crippen molar-refractivity contribution in [3.8, 4) is 5.75 Å². The van der Waals surface area contributed by atoms with Crippen molar-refractivity contribution in [1.82, 2.24) is 31.9 Å². The fraction of sp³-hybridized carbons (Fsp3) is 0.395. The molecule has 18 heteroatoms. The molecule has 5 atom stereocenters. The summed E-state index contributed by atoms with van der Waals surface area (Å²) in [6.45, 7) is 4.62. The molecule has 0 unspecified atom stereocenters. The highest BCUT2D eigenvalue weighted by Crippen LogP contribution is 2.13. The minimum atomic E-state index is -1.28. The lowest BCUT2D eigenvalue weighted by atomic mass is 10.0. The summed E-state index contributed by atoms with van der Waals surface area (Å²) in [5.74, 6) is -5.53. The second-order valence-electron chi connectivity index (χ2n) is 14.9. The summed E-state index contributed by atoms with van der Waals surface area (Å²) < 4.78 is 0. The molecule has 12 N–H and O–H groups in total. The SMILES string of the molecule is CC(C)C[C@H](NC(=O)[C@H](Cc1ccccc1)NC(=O)CNC(=O)[C@@H](C)NC(=O)[C@H](Cc1ccc(O)cc1)NC(=O)Cc1ccccc1)C(=O)N[C@@H](CCCN=C(N)N)C(=O)O. The van der Waals surface area contributed by atoms with E-state index < -0.39 is 78.2 Å². The van der Waals surface area contributed by atoms with Gasteiger partial charge in [-0.2, -0.15) is 0 Å². The van der Waals surface area contributed by atoms with Crippen LogP contribution in [0, 0.1) is 5.92 Å². The molecular weight excluding hydrogens is 787 g/mol. The number of hydrogen-bond acceptors (Lipinski definition) is 9. The Kier molecular flexibility index (Phi) is 19.7. The van der Waals surface area contributed by atoms with Crippen molar-refractivity contribution in [2.45, 2.75) is 89.5 Å². The van der Waals surface area contributed by atoms with Gasteiger partial charge in [0.1, 0.15) is 36.0 Å². The second kappa shape index (κ2) is 24.8. The summed E-state index contributed by atoms with van der Waals surface area (Å²) in [6, 6.07) is 17.9. The molecule has 0 fully saturated rings. The van der Waals surface area contributed by atoms with Gasteiger partial charge in [0.2, 0.25) is 35.4 Å². The largest absolute Gasteiger partial charge is 0.508 e. The number of aromatic hydroxyl groups is 1. The molecule has 0 spiro atoms. The van der Waals surface area contributed by atoms with Gasteiger partial charge in [0.15, 0.2) is 5.96 Å². The third-order valence-corrected chi connectivity index (χ3v) is 9.24. The van der Waals surface area contributed by atoms with E-state index in [2.05, 4.69) is 36.9 Å². The number of nitrogens with zero attached hydrogens (tertiary/aromatic N) is 1. The molecule has 0 heterocycles. The van der Waals surface area contributed by atoms with Gasteiger partial charge in [-0.05, 0) is 60.9 Å². The Morgan fingerprint density at radius 1 is 0.607 bits per heavy atom. The summed E-state index contributed by atoms with van der Waals surface area (Å²) in [6.07, 6.45) is 0.500. The highest BCUT2D eigenvalue weighted by molar-refractivity contribution is 5.96. The fourth-order valence-electron chi connectivity index (χ4n) is 6.12. The maximum absolute atomic E-state index is 13.8. The van der Waals surface area contributed by atoms with Gasteiger partial charge in [-0.3, -0.25) is 33.8 Å². The first kappa shape index (κ1) is 48.4. The average Bonchev–Trinajstić information content (AvgIpc) is 3.21. The molecule has 3 rings (SSSR count). The topological polar surface area (TPSA) is 297 Å². The van der Waals surface area contributed by atoms with Gasteiger partial charge in [-0.25, -0.2) is 4.79 Å². The number of carboxylic acid groups (broad SMARTS) is 1. The number of aliphatic imine (C=N–C) groups is 1. The monoisotopic (exact) mass is 843 g/mol. The van der Waals surface area contributed by atoms with Crippen LogP contribution in [0.25, 0.3) is 0 Å². The van der Waals surface area contributed by atoms with Crippen LogP contribution in [0.2, 0.25) is 0 Å². The number of rotatable bonds is 24. The Labute approximate surface area is 354 Å². The lowest BCUT2D eigenvalue weighted by Crippen LogP contribution is -2.57. The summed E-state index contributed by atoms with van der Waals surface area (Å²) in [5, 5.41) is 35.0. The second-order valence-corrected chi connectivity index (χ2v) is 14.9. The Morgan fingerprint density at radius 3 is 1.67 bits per heavy atom. The normalized spacial score (nSPS) is 13.2. The van der Waals surface area contributed by atoms with Crippen LogP contribution >= 0.6 is 0 Å². The number of benzene rings is 3. The van der Waals surface area contributed by atoms with E-state index in [9.17, 15) is 43.8 Å². The molecule has 0 saturated heterocycles. The number of nitrogens with two attached hydrogens (primary N) is 2. The van der Waals surface area contributed by atoms with E-state index in [0.717, 1.165) is 5.56 Å². The molecule has 0 aliphatic rings. The van der Waals surface area contributed by atoms with Crippen molar-refractivity contribution >= 4 is 47.4 Å². The van der Waals surface area contributed by atoms with Crippen molar-refractivity contribution in [2.75, 3.05) is 13.1 Å². The van der Waals surface area contributed by atoms with Crippen LogP contribution in [0.5, 0.6) is 5.75 Å². The van der Waals surface area contributed by atoms with Gasteiger partial charge in [0, 0.05) is 19.4 Å². The third kappa shape index (κ3) is 18.2. The maximum Gasteiger partial charge on any atom is 0.326 e. The standard InChI is InChI=1S/C43H57N9O9/c1-26(2)21-33(40(58)51-32(42(60)61)15-10-20-46-43(44)45)52-41(59)35(22-28-11-6-4-7-12-28)50-37(55)25-47-38(56)27(3)48-39(57)34(23-30-16-18-31(53)19-17-30)49-36(54)24-29-13-8-5-9-14-29/h4-9,11-14,16-19,26-27,32-35,53H,10,15,20-25H2,1-3H3,(H,47,56)(H,48,57)(H,49,54)(H,50,55)(H,51,58)(H,52,59)(H,60,61)(H4,44,45,46)/t27-,32+,33+,34+,35+/m1/s1. The fourth-order valence-corrected chi connectivity index (χ4v) is 6.12. The molecule has 0 bridgehead atoms. The van der Waals surface area contributed by atoms with Crippen molar-refractivity contribution in [1.29, 1.82) is 0 Å². The molecule has 6 amide bonds. The third-order valence-electron chi connectivity index (χ3n) is 9.24. The highest BCUT2D eigenvalue weighted by atomic mass is 16.4. The first-order chi connectivity index (χ1) is 29.0. The van der Waals surface area contributed by atoms with Crippen molar-refractivity contribution in [2.24, 2.45) is 22.4 Å². The van der Waals surface area contributed by atoms with Crippen LogP contribution in [0.15, 0.2) is 89.9 Å². The molecule has 0 radical (unpaired) electrons. The van der Waals surface area contributed by atoms with Crippen molar-refractivity contribution < 1.29 is 43.8 Å². The number of nitrogens with one attached hydrogen (secondary N) is 6. The number of hydrogen-bond donors (Lipinski definition) is 10. The predicted octanol–water partition coefficient (Wildman–Crippen LogP) is 0.165. The number of amides is 6. The zero-order valence-electron chi connectivity index (χ0n) is 34.6. The van der Waals surface area contributed by atoms with Crippen molar-refractivity contribution in [3.05, 3.63) is 102 Å². The van der Waals surface area contributed by atoms with E-state index in [1.54, 1.807) is 66.7 Å². The number of phenolic OH excluding ortho intramolecular Hbond substituents is 1. The van der Waals surface area contributed by atoms with Gasteiger partial charge in [0.25, 0.3) is 0 Å². The van der Waals surface area contributed by atoms with Crippen LogP contribution < -0.4 is 43.4 Å². The van der Waals surface area contributed by atoms with E-state index in [1.165, 1.54) is 19.1 Å². The minimum absolute atomic E-state index is 0.00813. The van der Waals surface area contributed by atoms with E-state index in [0.29, 0.717) is 11.1 Å². The van der Waals surface area contributed by atoms with Gasteiger partial charge < -0.3 is 53.6 Å².